The van der Waals surface area contributed by atoms with Crippen LogP contribution in [0.4, 0.5) is 14.5 Å². The van der Waals surface area contributed by atoms with Gasteiger partial charge in [0.25, 0.3) is 0 Å². The number of unbranched alkanes of at least 4 members (excludes halogenated alkanes) is 4. The largest absolute Gasteiger partial charge is 0.398 e. The summed E-state index contributed by atoms with van der Waals surface area (Å²) < 4.78 is 27.3. The molecule has 2 aromatic carbocycles. The van der Waals surface area contributed by atoms with Crippen LogP contribution in [-0.4, -0.2) is 20.9 Å². The minimum atomic E-state index is -0.528. The lowest BCUT2D eigenvalue weighted by Crippen LogP contribution is -2.07. The van der Waals surface area contributed by atoms with E-state index >= 15 is 0 Å². The molecule has 4 N–H and O–H groups in total. The van der Waals surface area contributed by atoms with Crippen molar-refractivity contribution in [1.29, 1.82) is 5.41 Å². The number of H-pyrrole nitrogens is 1. The molecule has 0 aliphatic heterocycles. The predicted molar refractivity (Wildman–Crippen MR) is 132 cm³/mol. The van der Waals surface area contributed by atoms with Gasteiger partial charge in [-0.25, -0.2) is 13.8 Å². The Morgan fingerprint density at radius 3 is 2.24 bits per heavy atom. The predicted octanol–water partition coefficient (Wildman–Crippen LogP) is 6.87. The van der Waals surface area contributed by atoms with Crippen LogP contribution in [0.25, 0.3) is 11.4 Å². The van der Waals surface area contributed by atoms with E-state index in [0.29, 0.717) is 30.7 Å². The smallest absolute Gasteiger partial charge is 0.184 e. The molecule has 0 saturated heterocycles. The van der Waals surface area contributed by atoms with Crippen molar-refractivity contribution in [1.82, 2.24) is 15.2 Å². The van der Waals surface area contributed by atoms with Crippen molar-refractivity contribution in [3.63, 3.8) is 0 Å². The molecule has 1 aromatic heterocycles. The number of nitrogens with two attached hydrogens (primary N) is 1. The molecule has 33 heavy (non-hydrogen) atoms. The van der Waals surface area contributed by atoms with Crippen LogP contribution in [0.2, 0.25) is 0 Å². The second kappa shape index (κ2) is 13.5. The third kappa shape index (κ3) is 8.08. The first kappa shape index (κ1) is 26.2. The summed E-state index contributed by atoms with van der Waals surface area (Å²) in [5, 5.41) is 15.1. The molecule has 0 fully saturated rings. The fraction of sp³-hybridized carbons (Fsp3) is 0.423. The molecule has 3 rings (SSSR count). The van der Waals surface area contributed by atoms with E-state index in [0.717, 1.165) is 5.56 Å². The summed E-state index contributed by atoms with van der Waals surface area (Å²) in [5.41, 5.74) is 7.95. The third-order valence-electron chi connectivity index (χ3n) is 5.36. The van der Waals surface area contributed by atoms with E-state index in [1.165, 1.54) is 56.4 Å². The van der Waals surface area contributed by atoms with Gasteiger partial charge in [0.2, 0.25) is 0 Å². The van der Waals surface area contributed by atoms with E-state index in [1.54, 1.807) is 12.1 Å². The monoisotopic (exact) mass is 455 g/mol. The highest BCUT2D eigenvalue weighted by Gasteiger charge is 2.16. The number of halogens is 2. The number of benzene rings is 2. The summed E-state index contributed by atoms with van der Waals surface area (Å²) in [7, 11) is 0. The molecule has 0 aliphatic carbocycles. The maximum Gasteiger partial charge on any atom is 0.184 e. The third-order valence-corrected chi connectivity index (χ3v) is 5.36. The topological polar surface area (TPSA) is 91.4 Å². The van der Waals surface area contributed by atoms with E-state index in [-0.39, 0.29) is 28.6 Å². The molecule has 0 bridgehead atoms. The van der Waals surface area contributed by atoms with Gasteiger partial charge in [0.05, 0.1) is 5.56 Å². The second-order valence-corrected chi connectivity index (χ2v) is 8.04. The van der Waals surface area contributed by atoms with Gasteiger partial charge in [-0.05, 0) is 42.7 Å². The Balaban J connectivity index is 0.000000479. The zero-order valence-corrected chi connectivity index (χ0v) is 19.8. The Bertz CT molecular complexity index is 1010. The summed E-state index contributed by atoms with van der Waals surface area (Å²) in [5.74, 6) is 0.0736. The number of aromatic nitrogens is 3. The van der Waals surface area contributed by atoms with Gasteiger partial charge in [-0.3, -0.25) is 5.10 Å². The molecule has 1 heterocycles. The second-order valence-electron chi connectivity index (χ2n) is 8.04. The average Bonchev–Trinajstić information content (AvgIpc) is 3.28. The first-order valence-electron chi connectivity index (χ1n) is 11.7. The summed E-state index contributed by atoms with van der Waals surface area (Å²) in [6.07, 6.45) is 8.62. The molecule has 0 saturated carbocycles. The summed E-state index contributed by atoms with van der Waals surface area (Å²) in [6, 6.07) is 8.85. The number of nitrogen functional groups attached to an aromatic ring is 1. The van der Waals surface area contributed by atoms with Crippen molar-refractivity contribution in [2.45, 2.75) is 72.1 Å². The van der Waals surface area contributed by atoms with Crippen LogP contribution in [0, 0.1) is 17.0 Å². The average molecular weight is 456 g/mol. The standard InChI is InChI=1S/C19H19F2N5.C7H16/c1-2-18-24-19(26-25-18)13-9-14(17(23)10-15(13)21)16(22)8-5-11-3-6-12(20)7-4-11;1-3-5-7-6-4-2/h3-4,6-7,9-10,22H,2,5,8,23H2,1H3,(H,24,25,26);3-7H2,1-2H3. The Hall–Kier alpha value is -3.09. The van der Waals surface area contributed by atoms with Gasteiger partial charge in [-0.1, -0.05) is 65.0 Å². The van der Waals surface area contributed by atoms with E-state index in [1.807, 2.05) is 6.92 Å². The SMILES string of the molecule is CCCCCCC.CCc1nc(-c2cc(C(=N)CCc3ccc(F)cc3)c(N)cc2F)n[nH]1. The van der Waals surface area contributed by atoms with Crippen LogP contribution in [0.1, 0.15) is 76.2 Å². The van der Waals surface area contributed by atoms with E-state index in [2.05, 4.69) is 29.0 Å². The van der Waals surface area contributed by atoms with Crippen molar-refractivity contribution in [2.75, 3.05) is 5.73 Å². The molecular weight excluding hydrogens is 420 g/mol. The Morgan fingerprint density at radius 2 is 1.67 bits per heavy atom. The molecule has 5 nitrogen and oxygen atoms in total. The van der Waals surface area contributed by atoms with Crippen molar-refractivity contribution >= 4 is 11.4 Å². The fourth-order valence-corrected chi connectivity index (χ4v) is 3.33. The highest BCUT2D eigenvalue weighted by atomic mass is 19.1. The summed E-state index contributed by atoms with van der Waals surface area (Å²) in [6.45, 7) is 6.41. The molecule has 178 valence electrons. The van der Waals surface area contributed by atoms with Crippen LogP contribution in [0.3, 0.4) is 0 Å². The molecule has 0 amide bonds. The fourth-order valence-electron chi connectivity index (χ4n) is 3.33. The van der Waals surface area contributed by atoms with Gasteiger partial charge in [0.15, 0.2) is 5.82 Å². The first-order chi connectivity index (χ1) is 15.9. The minimum absolute atomic E-state index is 0.196. The number of rotatable bonds is 10. The van der Waals surface area contributed by atoms with Crippen molar-refractivity contribution in [3.8, 4) is 11.4 Å². The number of nitrogens with zero attached hydrogens (tertiary/aromatic N) is 2. The highest BCUT2D eigenvalue weighted by molar-refractivity contribution is 6.03. The molecule has 0 radical (unpaired) electrons. The lowest BCUT2D eigenvalue weighted by Gasteiger charge is -2.10. The van der Waals surface area contributed by atoms with Crippen molar-refractivity contribution in [3.05, 3.63) is 65.0 Å². The molecule has 0 unspecified atom stereocenters. The number of anilines is 1. The van der Waals surface area contributed by atoms with Gasteiger partial charge in [-0.15, -0.1) is 0 Å². The summed E-state index contributed by atoms with van der Waals surface area (Å²) >= 11 is 0. The zero-order valence-electron chi connectivity index (χ0n) is 19.8. The van der Waals surface area contributed by atoms with E-state index in [9.17, 15) is 8.78 Å². The van der Waals surface area contributed by atoms with Crippen LogP contribution in [-0.2, 0) is 12.8 Å². The molecule has 7 heteroatoms. The Kier molecular flexibility index (Phi) is 10.7. The summed E-state index contributed by atoms with van der Waals surface area (Å²) in [4.78, 5) is 4.24. The first-order valence-corrected chi connectivity index (χ1v) is 11.7. The van der Waals surface area contributed by atoms with Crippen LogP contribution in [0.5, 0.6) is 0 Å². The normalized spacial score (nSPS) is 10.6. The number of hydrogen-bond donors (Lipinski definition) is 3. The van der Waals surface area contributed by atoms with Crippen LogP contribution < -0.4 is 5.73 Å². The van der Waals surface area contributed by atoms with Gasteiger partial charge in [-0.2, -0.15) is 5.10 Å². The van der Waals surface area contributed by atoms with E-state index in [4.69, 9.17) is 11.1 Å². The number of hydrogen-bond acceptors (Lipinski definition) is 4. The molecule has 0 aliphatic rings. The molecule has 0 spiro atoms. The maximum absolute atomic E-state index is 14.3. The van der Waals surface area contributed by atoms with Gasteiger partial charge in [0.1, 0.15) is 17.5 Å². The molecule has 0 atom stereocenters. The molecular formula is C26H35F2N5. The van der Waals surface area contributed by atoms with E-state index < -0.39 is 5.82 Å². The van der Waals surface area contributed by atoms with Crippen molar-refractivity contribution in [2.24, 2.45) is 0 Å². The lowest BCUT2D eigenvalue weighted by atomic mass is 9.98. The number of aromatic amines is 1. The maximum atomic E-state index is 14.3. The van der Waals surface area contributed by atoms with Crippen LogP contribution >= 0.6 is 0 Å². The van der Waals surface area contributed by atoms with Gasteiger partial charge < -0.3 is 11.1 Å². The Labute approximate surface area is 195 Å². The highest BCUT2D eigenvalue weighted by Crippen LogP contribution is 2.26. The zero-order chi connectivity index (χ0) is 24.2. The molecule has 3 aromatic rings. The Morgan fingerprint density at radius 1 is 1.00 bits per heavy atom. The quantitative estimate of drug-likeness (QED) is 0.177. The number of nitrogens with one attached hydrogen (secondary N) is 2. The van der Waals surface area contributed by atoms with Crippen molar-refractivity contribution < 1.29 is 8.78 Å². The van der Waals surface area contributed by atoms with Crippen LogP contribution in [0.15, 0.2) is 36.4 Å². The minimum Gasteiger partial charge on any atom is -0.398 e. The van der Waals surface area contributed by atoms with Gasteiger partial charge >= 0.3 is 0 Å². The number of aryl methyl sites for hydroxylation is 2. The van der Waals surface area contributed by atoms with Gasteiger partial charge in [0, 0.05) is 23.4 Å². The lowest BCUT2D eigenvalue weighted by molar-refractivity contribution is 0.627.